The minimum atomic E-state index is -5.08. The second kappa shape index (κ2) is 20.7. The SMILES string of the molecule is O=C(O)C(F)(F)F.O=C(O)CC(NC(=O)[C@H](COCc1ccccc1)NC(=O)CCCCNc1ccccn1)c1ccc(-c2ccccc2)cc1. The fraction of sp³-hybridized carbons (Fsp3) is 0.270. The average Bonchev–Trinajstić information content (AvgIpc) is 3.12. The van der Waals surface area contributed by atoms with Gasteiger partial charge in [-0.1, -0.05) is 91.0 Å². The number of aromatic nitrogens is 1. The standard InChI is InChI=1S/C35H38N4O5.C2HF3O2/c40-33(16-8-10-22-37-32-15-7-9-21-36-32)38-31(25-44-24-26-11-3-1-4-12-26)35(43)39-30(23-34(41)42)29-19-17-28(18-20-29)27-13-5-2-6-14-27;3-2(4,5)1(6)7/h1-7,9,11-15,17-21,30-31H,8,10,16,22-25H2,(H,36,37)(H,38,40)(H,39,43)(H,41,42);(H,6,7)/t30?,31-;/m0./s1. The Labute approximate surface area is 292 Å². The zero-order valence-electron chi connectivity index (χ0n) is 27.5. The number of carbonyl (C=O) groups excluding carboxylic acids is 2. The van der Waals surface area contributed by atoms with Crippen molar-refractivity contribution >= 4 is 29.6 Å². The number of carboxylic acids is 2. The Bertz CT molecular complexity index is 1660. The van der Waals surface area contributed by atoms with E-state index >= 15 is 0 Å². The Hall–Kier alpha value is -5.76. The first kappa shape index (κ1) is 39.7. The summed E-state index contributed by atoms with van der Waals surface area (Å²) in [6.07, 6.45) is -2.11. The van der Waals surface area contributed by atoms with Crippen LogP contribution < -0.4 is 16.0 Å². The van der Waals surface area contributed by atoms with Gasteiger partial charge in [0.15, 0.2) is 0 Å². The molecule has 0 fully saturated rings. The number of ether oxygens (including phenoxy) is 1. The number of halogens is 3. The van der Waals surface area contributed by atoms with Gasteiger partial charge in [0.1, 0.15) is 11.9 Å². The minimum absolute atomic E-state index is 0.0690. The maximum atomic E-state index is 13.5. The van der Waals surface area contributed by atoms with E-state index in [1.54, 1.807) is 6.20 Å². The van der Waals surface area contributed by atoms with E-state index < -0.39 is 36.1 Å². The molecule has 11 nitrogen and oxygen atoms in total. The van der Waals surface area contributed by atoms with Crippen molar-refractivity contribution in [2.24, 2.45) is 0 Å². The van der Waals surface area contributed by atoms with Gasteiger partial charge in [-0.3, -0.25) is 14.4 Å². The van der Waals surface area contributed by atoms with Crippen LogP contribution >= 0.6 is 0 Å². The Morgan fingerprint density at radius 3 is 1.96 bits per heavy atom. The molecule has 14 heteroatoms. The number of nitrogens with zero attached hydrogens (tertiary/aromatic N) is 1. The first-order chi connectivity index (χ1) is 24.4. The van der Waals surface area contributed by atoms with Crippen molar-refractivity contribution in [3.8, 4) is 11.1 Å². The number of rotatable bonds is 17. The molecule has 3 aromatic carbocycles. The first-order valence-corrected chi connectivity index (χ1v) is 16.0. The van der Waals surface area contributed by atoms with Crippen LogP contribution in [0.2, 0.25) is 0 Å². The van der Waals surface area contributed by atoms with Crippen LogP contribution in [0.15, 0.2) is 109 Å². The summed E-state index contributed by atoms with van der Waals surface area (Å²) in [4.78, 5) is 51.2. The van der Waals surface area contributed by atoms with Gasteiger partial charge in [0, 0.05) is 19.2 Å². The van der Waals surface area contributed by atoms with Crippen molar-refractivity contribution in [3.63, 3.8) is 0 Å². The van der Waals surface area contributed by atoms with Crippen LogP contribution in [-0.4, -0.2) is 64.3 Å². The van der Waals surface area contributed by atoms with Gasteiger partial charge in [0.25, 0.3) is 0 Å². The van der Waals surface area contributed by atoms with E-state index in [2.05, 4.69) is 20.9 Å². The molecule has 1 heterocycles. The minimum Gasteiger partial charge on any atom is -0.481 e. The van der Waals surface area contributed by atoms with Crippen LogP contribution in [0.3, 0.4) is 0 Å². The molecule has 51 heavy (non-hydrogen) atoms. The molecule has 0 radical (unpaired) electrons. The quantitative estimate of drug-likeness (QED) is 0.0827. The molecule has 1 aromatic heterocycles. The lowest BCUT2D eigenvalue weighted by atomic mass is 9.99. The molecule has 0 bridgehead atoms. The molecule has 270 valence electrons. The summed E-state index contributed by atoms with van der Waals surface area (Å²) in [6.45, 7) is 0.855. The van der Waals surface area contributed by atoms with E-state index in [-0.39, 0.29) is 32.0 Å². The Balaban J connectivity index is 0.000000908. The van der Waals surface area contributed by atoms with Crippen molar-refractivity contribution in [1.29, 1.82) is 0 Å². The van der Waals surface area contributed by atoms with Crippen LogP contribution in [0.25, 0.3) is 11.1 Å². The summed E-state index contributed by atoms with van der Waals surface area (Å²) < 4.78 is 37.6. The van der Waals surface area contributed by atoms with Gasteiger partial charge in [-0.2, -0.15) is 13.2 Å². The summed E-state index contributed by atoms with van der Waals surface area (Å²) in [5.74, 6) is -3.83. The number of hydrogen-bond acceptors (Lipinski definition) is 7. The van der Waals surface area contributed by atoms with Gasteiger partial charge in [-0.05, 0) is 47.2 Å². The van der Waals surface area contributed by atoms with Crippen LogP contribution in [0.1, 0.15) is 42.9 Å². The third kappa shape index (κ3) is 15.1. The molecule has 5 N–H and O–H groups in total. The number of aliphatic carboxylic acids is 2. The number of carboxylic acid groups (broad SMARTS) is 2. The number of amides is 2. The molecule has 0 aliphatic heterocycles. The number of anilines is 1. The van der Waals surface area contributed by atoms with Gasteiger partial charge in [0.05, 0.1) is 25.7 Å². The molecule has 0 aliphatic carbocycles. The smallest absolute Gasteiger partial charge is 0.481 e. The maximum Gasteiger partial charge on any atom is 0.490 e. The number of alkyl halides is 3. The number of pyridine rings is 1. The summed E-state index contributed by atoms with van der Waals surface area (Å²) in [7, 11) is 0. The number of benzene rings is 3. The van der Waals surface area contributed by atoms with Crippen molar-refractivity contribution < 1.29 is 47.3 Å². The molecule has 4 rings (SSSR count). The van der Waals surface area contributed by atoms with Crippen molar-refractivity contribution in [1.82, 2.24) is 15.6 Å². The fourth-order valence-electron chi connectivity index (χ4n) is 4.65. The molecule has 4 aromatic rings. The maximum absolute atomic E-state index is 13.5. The summed E-state index contributed by atoms with van der Waals surface area (Å²) in [5, 5.41) is 25.6. The zero-order valence-corrected chi connectivity index (χ0v) is 27.5. The second-order valence-electron chi connectivity index (χ2n) is 11.2. The lowest BCUT2D eigenvalue weighted by molar-refractivity contribution is -0.192. The van der Waals surface area contributed by atoms with Crippen molar-refractivity contribution in [2.75, 3.05) is 18.5 Å². The topological polar surface area (TPSA) is 167 Å². The van der Waals surface area contributed by atoms with Gasteiger partial charge in [-0.15, -0.1) is 0 Å². The highest BCUT2D eigenvalue weighted by molar-refractivity contribution is 5.88. The predicted molar refractivity (Wildman–Crippen MR) is 183 cm³/mol. The van der Waals surface area contributed by atoms with E-state index in [1.807, 2.05) is 103 Å². The van der Waals surface area contributed by atoms with E-state index in [4.69, 9.17) is 14.6 Å². The molecule has 0 aliphatic rings. The largest absolute Gasteiger partial charge is 0.490 e. The Morgan fingerprint density at radius 1 is 0.765 bits per heavy atom. The van der Waals surface area contributed by atoms with Crippen molar-refractivity contribution in [2.45, 2.75) is 50.6 Å². The van der Waals surface area contributed by atoms with Gasteiger partial charge >= 0.3 is 18.1 Å². The molecule has 0 saturated carbocycles. The monoisotopic (exact) mass is 708 g/mol. The van der Waals surface area contributed by atoms with Crippen molar-refractivity contribution in [3.05, 3.63) is 120 Å². The van der Waals surface area contributed by atoms with Gasteiger partial charge in [-0.25, -0.2) is 9.78 Å². The van der Waals surface area contributed by atoms with Crippen LogP contribution in [0.5, 0.6) is 0 Å². The highest BCUT2D eigenvalue weighted by atomic mass is 19.4. The summed E-state index contributed by atoms with van der Waals surface area (Å²) in [6, 6.07) is 30.6. The average molecular weight is 709 g/mol. The third-order valence-corrected chi connectivity index (χ3v) is 7.21. The number of unbranched alkanes of at least 4 members (excludes halogenated alkanes) is 1. The molecule has 1 unspecified atom stereocenters. The molecule has 0 spiro atoms. The molecule has 2 atom stereocenters. The van der Waals surface area contributed by atoms with Gasteiger partial charge in [0.2, 0.25) is 11.8 Å². The lowest BCUT2D eigenvalue weighted by Crippen LogP contribution is -2.50. The third-order valence-electron chi connectivity index (χ3n) is 7.21. The van der Waals surface area contributed by atoms with E-state index in [1.165, 1.54) is 0 Å². The van der Waals surface area contributed by atoms with E-state index in [9.17, 15) is 32.7 Å². The molecule has 0 saturated heterocycles. The highest BCUT2D eigenvalue weighted by Gasteiger charge is 2.38. The highest BCUT2D eigenvalue weighted by Crippen LogP contribution is 2.24. The summed E-state index contributed by atoms with van der Waals surface area (Å²) in [5.41, 5.74) is 3.59. The molecular formula is C37H39F3N4O7. The second-order valence-corrected chi connectivity index (χ2v) is 11.2. The van der Waals surface area contributed by atoms with Crippen LogP contribution in [0.4, 0.5) is 19.0 Å². The molecular weight excluding hydrogens is 669 g/mol. The first-order valence-electron chi connectivity index (χ1n) is 16.0. The Kier molecular flexibility index (Phi) is 16.1. The van der Waals surface area contributed by atoms with Crippen LogP contribution in [-0.2, 0) is 30.5 Å². The molecule has 2 amide bonds. The number of carbonyl (C=O) groups is 4. The van der Waals surface area contributed by atoms with E-state index in [0.717, 1.165) is 28.9 Å². The lowest BCUT2D eigenvalue weighted by Gasteiger charge is -2.23. The Morgan fingerprint density at radius 2 is 1.37 bits per heavy atom. The normalized spacial score (nSPS) is 12.0. The number of nitrogens with one attached hydrogen (secondary N) is 3. The fourth-order valence-corrected chi connectivity index (χ4v) is 4.65. The predicted octanol–water partition coefficient (Wildman–Crippen LogP) is 6.00. The number of hydrogen-bond donors (Lipinski definition) is 5. The zero-order chi connectivity index (χ0) is 37.1. The van der Waals surface area contributed by atoms with Crippen LogP contribution in [0, 0.1) is 0 Å². The van der Waals surface area contributed by atoms with E-state index in [0.29, 0.717) is 18.5 Å². The van der Waals surface area contributed by atoms with Gasteiger partial charge < -0.3 is 30.9 Å². The summed E-state index contributed by atoms with van der Waals surface area (Å²) >= 11 is 0.